The minimum Gasteiger partial charge on any atom is -0.379 e. The molecule has 106 valence electrons. The molecule has 0 unspecified atom stereocenters. The van der Waals surface area contributed by atoms with Crippen molar-refractivity contribution in [3.05, 3.63) is 29.8 Å². The Morgan fingerprint density at radius 2 is 1.79 bits per heavy atom. The summed E-state index contributed by atoms with van der Waals surface area (Å²) in [4.78, 5) is 2.36. The lowest BCUT2D eigenvalue weighted by Gasteiger charge is -2.32. The quantitative estimate of drug-likeness (QED) is 0.909. The number of hydrogen-bond acceptors (Lipinski definition) is 4. The monoisotopic (exact) mass is 284 g/mol. The van der Waals surface area contributed by atoms with Gasteiger partial charge in [-0.05, 0) is 24.6 Å². The SMILES string of the molecule is C[C@H](c1ccc(NS(C)(=O)=O)cc1)N1CCOCC1. The Balaban J connectivity index is 2.04. The predicted octanol–water partition coefficient (Wildman–Crippen LogP) is 1.45. The van der Waals surface area contributed by atoms with E-state index >= 15 is 0 Å². The maximum absolute atomic E-state index is 11.1. The molecule has 1 fully saturated rings. The first-order valence-corrected chi connectivity index (χ1v) is 8.24. The standard InChI is InChI=1S/C13H20N2O3S/c1-11(15-7-9-18-10-8-15)12-3-5-13(6-4-12)14-19(2,16)17/h3-6,11,14H,7-10H2,1-2H3/t11-/m1/s1. The highest BCUT2D eigenvalue weighted by Gasteiger charge is 2.18. The summed E-state index contributed by atoms with van der Waals surface area (Å²) in [5.41, 5.74) is 1.78. The van der Waals surface area contributed by atoms with Gasteiger partial charge in [0.2, 0.25) is 10.0 Å². The van der Waals surface area contributed by atoms with Crippen molar-refractivity contribution in [1.29, 1.82) is 0 Å². The van der Waals surface area contributed by atoms with Crippen LogP contribution >= 0.6 is 0 Å². The molecule has 6 heteroatoms. The minimum atomic E-state index is -3.21. The number of anilines is 1. The highest BCUT2D eigenvalue weighted by molar-refractivity contribution is 7.92. The highest BCUT2D eigenvalue weighted by atomic mass is 32.2. The van der Waals surface area contributed by atoms with E-state index in [1.54, 1.807) is 12.1 Å². The summed E-state index contributed by atoms with van der Waals surface area (Å²) in [5, 5.41) is 0. The van der Waals surface area contributed by atoms with Crippen LogP contribution in [0.4, 0.5) is 5.69 Å². The van der Waals surface area contributed by atoms with E-state index in [1.807, 2.05) is 12.1 Å². The number of rotatable bonds is 4. The van der Waals surface area contributed by atoms with Crippen LogP contribution in [0, 0.1) is 0 Å². The molecule has 1 atom stereocenters. The second-order valence-corrected chi connectivity index (χ2v) is 6.57. The Bertz CT molecular complexity index is 507. The van der Waals surface area contributed by atoms with Crippen molar-refractivity contribution in [2.45, 2.75) is 13.0 Å². The Morgan fingerprint density at radius 3 is 2.32 bits per heavy atom. The van der Waals surface area contributed by atoms with Crippen LogP contribution in [0.1, 0.15) is 18.5 Å². The van der Waals surface area contributed by atoms with Crippen molar-refractivity contribution in [2.75, 3.05) is 37.3 Å². The molecular formula is C13H20N2O3S. The third-order valence-electron chi connectivity index (χ3n) is 3.29. The number of sulfonamides is 1. The summed E-state index contributed by atoms with van der Waals surface area (Å²) < 4.78 is 30.1. The number of nitrogens with one attached hydrogen (secondary N) is 1. The van der Waals surface area contributed by atoms with Gasteiger partial charge in [-0.3, -0.25) is 9.62 Å². The van der Waals surface area contributed by atoms with Crippen LogP contribution in [0.2, 0.25) is 0 Å². The van der Waals surface area contributed by atoms with E-state index in [9.17, 15) is 8.42 Å². The zero-order valence-corrected chi connectivity index (χ0v) is 12.1. The van der Waals surface area contributed by atoms with Crippen molar-refractivity contribution in [1.82, 2.24) is 4.90 Å². The average Bonchev–Trinajstić information content (AvgIpc) is 2.38. The molecule has 1 aliphatic rings. The van der Waals surface area contributed by atoms with Crippen LogP contribution in [-0.4, -0.2) is 45.9 Å². The van der Waals surface area contributed by atoms with Gasteiger partial charge >= 0.3 is 0 Å². The molecule has 1 aromatic carbocycles. The number of morpholine rings is 1. The molecule has 1 N–H and O–H groups in total. The lowest BCUT2D eigenvalue weighted by Crippen LogP contribution is -2.37. The smallest absolute Gasteiger partial charge is 0.229 e. The summed E-state index contributed by atoms with van der Waals surface area (Å²) in [5.74, 6) is 0. The van der Waals surface area contributed by atoms with Gasteiger partial charge in [0.15, 0.2) is 0 Å². The van der Waals surface area contributed by atoms with Crippen LogP contribution in [0.3, 0.4) is 0 Å². The molecule has 19 heavy (non-hydrogen) atoms. The molecule has 1 heterocycles. The second kappa shape index (κ2) is 5.90. The zero-order valence-electron chi connectivity index (χ0n) is 11.3. The molecule has 0 radical (unpaired) electrons. The lowest BCUT2D eigenvalue weighted by molar-refractivity contribution is 0.0198. The Hall–Kier alpha value is -1.11. The summed E-state index contributed by atoms with van der Waals surface area (Å²) in [6, 6.07) is 7.85. The maximum atomic E-state index is 11.1. The van der Waals surface area contributed by atoms with Gasteiger partial charge in [0.25, 0.3) is 0 Å². The van der Waals surface area contributed by atoms with E-state index < -0.39 is 10.0 Å². The highest BCUT2D eigenvalue weighted by Crippen LogP contribution is 2.22. The maximum Gasteiger partial charge on any atom is 0.229 e. The average molecular weight is 284 g/mol. The Morgan fingerprint density at radius 1 is 1.21 bits per heavy atom. The number of nitrogens with zero attached hydrogens (tertiary/aromatic N) is 1. The number of ether oxygens (including phenoxy) is 1. The van der Waals surface area contributed by atoms with Crippen LogP contribution in [0.15, 0.2) is 24.3 Å². The minimum absolute atomic E-state index is 0.316. The van der Waals surface area contributed by atoms with E-state index in [4.69, 9.17) is 4.74 Å². The van der Waals surface area contributed by atoms with E-state index in [0.717, 1.165) is 32.6 Å². The van der Waals surface area contributed by atoms with Crippen LogP contribution in [0.25, 0.3) is 0 Å². The van der Waals surface area contributed by atoms with E-state index in [-0.39, 0.29) is 0 Å². The normalized spacial score (nSPS) is 19.1. The summed E-state index contributed by atoms with van der Waals surface area (Å²) in [6.07, 6.45) is 1.15. The van der Waals surface area contributed by atoms with Crippen molar-refractivity contribution >= 4 is 15.7 Å². The van der Waals surface area contributed by atoms with E-state index in [1.165, 1.54) is 5.56 Å². The van der Waals surface area contributed by atoms with Crippen molar-refractivity contribution in [3.63, 3.8) is 0 Å². The number of hydrogen-bond donors (Lipinski definition) is 1. The summed E-state index contributed by atoms with van der Waals surface area (Å²) in [7, 11) is -3.21. The number of benzene rings is 1. The topological polar surface area (TPSA) is 58.6 Å². The molecule has 0 aliphatic carbocycles. The third kappa shape index (κ3) is 4.19. The third-order valence-corrected chi connectivity index (χ3v) is 3.90. The van der Waals surface area contributed by atoms with E-state index in [2.05, 4.69) is 16.5 Å². The molecule has 1 aromatic rings. The molecule has 0 aromatic heterocycles. The van der Waals surface area contributed by atoms with Gasteiger partial charge < -0.3 is 4.74 Å². The molecular weight excluding hydrogens is 264 g/mol. The first kappa shape index (κ1) is 14.3. The lowest BCUT2D eigenvalue weighted by atomic mass is 10.1. The van der Waals surface area contributed by atoms with E-state index in [0.29, 0.717) is 11.7 Å². The molecule has 5 nitrogen and oxygen atoms in total. The fraction of sp³-hybridized carbons (Fsp3) is 0.538. The van der Waals surface area contributed by atoms with Gasteiger partial charge in [0, 0.05) is 24.8 Å². The molecule has 0 saturated carbocycles. The molecule has 0 spiro atoms. The van der Waals surface area contributed by atoms with Gasteiger partial charge in [-0.15, -0.1) is 0 Å². The Kier molecular flexibility index (Phi) is 4.44. The van der Waals surface area contributed by atoms with Crippen LogP contribution < -0.4 is 4.72 Å². The molecule has 0 bridgehead atoms. The van der Waals surface area contributed by atoms with Gasteiger partial charge in [-0.1, -0.05) is 12.1 Å². The summed E-state index contributed by atoms with van der Waals surface area (Å²) in [6.45, 7) is 5.58. The first-order chi connectivity index (χ1) is 8.96. The zero-order chi connectivity index (χ0) is 13.9. The fourth-order valence-corrected chi connectivity index (χ4v) is 2.78. The van der Waals surface area contributed by atoms with Crippen LogP contribution in [-0.2, 0) is 14.8 Å². The summed E-state index contributed by atoms with van der Waals surface area (Å²) >= 11 is 0. The van der Waals surface area contributed by atoms with Gasteiger partial charge in [0.05, 0.1) is 19.5 Å². The molecule has 2 rings (SSSR count). The molecule has 1 aliphatic heterocycles. The molecule has 0 amide bonds. The molecule has 1 saturated heterocycles. The first-order valence-electron chi connectivity index (χ1n) is 6.35. The second-order valence-electron chi connectivity index (χ2n) is 4.82. The van der Waals surface area contributed by atoms with Crippen molar-refractivity contribution in [2.24, 2.45) is 0 Å². The predicted molar refractivity (Wildman–Crippen MR) is 75.7 cm³/mol. The fourth-order valence-electron chi connectivity index (χ4n) is 2.22. The Labute approximate surface area is 114 Å². The van der Waals surface area contributed by atoms with Crippen molar-refractivity contribution in [3.8, 4) is 0 Å². The van der Waals surface area contributed by atoms with Gasteiger partial charge in [0.1, 0.15) is 0 Å². The largest absolute Gasteiger partial charge is 0.379 e. The van der Waals surface area contributed by atoms with Crippen molar-refractivity contribution < 1.29 is 13.2 Å². The van der Waals surface area contributed by atoms with Crippen LogP contribution in [0.5, 0.6) is 0 Å². The van der Waals surface area contributed by atoms with Gasteiger partial charge in [-0.25, -0.2) is 8.42 Å². The van der Waals surface area contributed by atoms with Gasteiger partial charge in [-0.2, -0.15) is 0 Å².